The van der Waals surface area contributed by atoms with Crippen LogP contribution in [0.25, 0.3) is 0 Å². The average molecular weight is 324 g/mol. The lowest BCUT2D eigenvalue weighted by molar-refractivity contribution is 0.580. The van der Waals surface area contributed by atoms with Crippen LogP contribution in [0.5, 0.6) is 0 Å². The van der Waals surface area contributed by atoms with Crippen molar-refractivity contribution >= 4 is 27.0 Å². The van der Waals surface area contributed by atoms with Gasteiger partial charge < -0.3 is 5.73 Å². The molecule has 3 N–H and O–H groups in total. The molecular formula is C15H20N2O2S2. The Kier molecular flexibility index (Phi) is 4.70. The molecule has 0 aliphatic heterocycles. The fourth-order valence-corrected chi connectivity index (χ4v) is 4.59. The van der Waals surface area contributed by atoms with E-state index in [9.17, 15) is 8.42 Å². The van der Waals surface area contributed by atoms with Gasteiger partial charge in [-0.2, -0.15) is 0 Å². The number of nitrogen functional groups attached to an aromatic ring is 1. The molecule has 1 heterocycles. The van der Waals surface area contributed by atoms with Crippen LogP contribution in [0.15, 0.2) is 28.5 Å². The van der Waals surface area contributed by atoms with Gasteiger partial charge in [0.2, 0.25) is 10.0 Å². The number of hydrogen-bond donors (Lipinski definition) is 2. The first-order valence-corrected chi connectivity index (χ1v) is 9.07. The van der Waals surface area contributed by atoms with E-state index in [4.69, 9.17) is 5.73 Å². The highest BCUT2D eigenvalue weighted by Gasteiger charge is 2.21. The second-order valence-electron chi connectivity index (χ2n) is 5.09. The highest BCUT2D eigenvalue weighted by Crippen LogP contribution is 2.27. The number of nitrogens with two attached hydrogens (primary N) is 1. The molecular weight excluding hydrogens is 304 g/mol. The molecule has 0 aliphatic rings. The van der Waals surface area contributed by atoms with Crippen molar-refractivity contribution in [1.82, 2.24) is 4.72 Å². The van der Waals surface area contributed by atoms with Crippen LogP contribution in [0.4, 0.5) is 5.69 Å². The van der Waals surface area contributed by atoms with Gasteiger partial charge in [-0.15, -0.1) is 11.3 Å². The third kappa shape index (κ3) is 3.45. The maximum absolute atomic E-state index is 12.5. The molecule has 0 bridgehead atoms. The number of aryl methyl sites for hydroxylation is 1. The van der Waals surface area contributed by atoms with Gasteiger partial charge in [-0.05, 0) is 61.4 Å². The lowest BCUT2D eigenvalue weighted by atomic mass is 10.1. The minimum atomic E-state index is -3.55. The van der Waals surface area contributed by atoms with Gasteiger partial charge in [0, 0.05) is 17.1 Å². The Hall–Kier alpha value is -1.37. The first-order chi connectivity index (χ1) is 9.83. The van der Waals surface area contributed by atoms with Crippen LogP contribution in [0.1, 0.15) is 21.6 Å². The maximum Gasteiger partial charge on any atom is 0.241 e. The van der Waals surface area contributed by atoms with E-state index in [1.165, 1.54) is 0 Å². The van der Waals surface area contributed by atoms with Crippen LogP contribution in [-0.4, -0.2) is 15.0 Å². The summed E-state index contributed by atoms with van der Waals surface area (Å²) >= 11 is 1.63. The zero-order chi connectivity index (χ0) is 15.6. The lowest BCUT2D eigenvalue weighted by Crippen LogP contribution is -2.27. The zero-order valence-electron chi connectivity index (χ0n) is 12.4. The van der Waals surface area contributed by atoms with Crippen molar-refractivity contribution < 1.29 is 8.42 Å². The normalized spacial score (nSPS) is 11.8. The summed E-state index contributed by atoms with van der Waals surface area (Å²) in [5, 5.41) is 1.99. The Bertz CT molecular complexity index is 709. The number of anilines is 1. The van der Waals surface area contributed by atoms with E-state index < -0.39 is 10.0 Å². The SMILES string of the molecule is Cc1cc(N)c(C)c(S(=O)(=O)NCCc2cccs2)c1C. The second-order valence-corrected chi connectivity index (χ2v) is 7.82. The van der Waals surface area contributed by atoms with Crippen molar-refractivity contribution in [2.45, 2.75) is 32.1 Å². The van der Waals surface area contributed by atoms with E-state index in [1.54, 1.807) is 18.3 Å². The molecule has 1 aromatic carbocycles. The Morgan fingerprint density at radius 2 is 1.95 bits per heavy atom. The van der Waals surface area contributed by atoms with E-state index >= 15 is 0 Å². The lowest BCUT2D eigenvalue weighted by Gasteiger charge is -2.15. The van der Waals surface area contributed by atoms with Crippen molar-refractivity contribution in [3.63, 3.8) is 0 Å². The van der Waals surface area contributed by atoms with Crippen LogP contribution < -0.4 is 10.5 Å². The van der Waals surface area contributed by atoms with Crippen LogP contribution in [-0.2, 0) is 16.4 Å². The smallest absolute Gasteiger partial charge is 0.241 e. The quantitative estimate of drug-likeness (QED) is 0.831. The van der Waals surface area contributed by atoms with Crippen LogP contribution in [0.2, 0.25) is 0 Å². The number of rotatable bonds is 5. The molecule has 0 saturated heterocycles. The molecule has 2 rings (SSSR count). The number of benzene rings is 1. The Labute approximate surface area is 130 Å². The topological polar surface area (TPSA) is 72.2 Å². The number of thiophene rings is 1. The summed E-state index contributed by atoms with van der Waals surface area (Å²) in [5.41, 5.74) is 8.67. The molecule has 0 fully saturated rings. The molecule has 0 unspecified atom stereocenters. The summed E-state index contributed by atoms with van der Waals surface area (Å²) in [7, 11) is -3.55. The molecule has 0 aliphatic carbocycles. The fraction of sp³-hybridized carbons (Fsp3) is 0.333. The standard InChI is InChI=1S/C15H20N2O2S2/c1-10-9-14(16)12(3)15(11(10)2)21(18,19)17-7-6-13-5-4-8-20-13/h4-5,8-9,17H,6-7,16H2,1-3H3. The van der Waals surface area contributed by atoms with Crippen LogP contribution >= 0.6 is 11.3 Å². The minimum Gasteiger partial charge on any atom is -0.398 e. The molecule has 0 amide bonds. The highest BCUT2D eigenvalue weighted by molar-refractivity contribution is 7.89. The van der Waals surface area contributed by atoms with E-state index in [2.05, 4.69) is 4.72 Å². The fourth-order valence-electron chi connectivity index (χ4n) is 2.28. The molecule has 6 heteroatoms. The third-order valence-corrected chi connectivity index (χ3v) is 6.26. The average Bonchev–Trinajstić information content (AvgIpc) is 2.89. The summed E-state index contributed by atoms with van der Waals surface area (Å²) in [5.74, 6) is 0. The Morgan fingerprint density at radius 1 is 1.24 bits per heavy atom. The number of nitrogens with one attached hydrogen (secondary N) is 1. The van der Waals surface area contributed by atoms with Crippen molar-refractivity contribution in [2.24, 2.45) is 0 Å². The number of sulfonamides is 1. The van der Waals surface area contributed by atoms with E-state index in [1.807, 2.05) is 37.4 Å². The highest BCUT2D eigenvalue weighted by atomic mass is 32.2. The molecule has 0 atom stereocenters. The molecule has 0 radical (unpaired) electrons. The van der Waals surface area contributed by atoms with Gasteiger partial charge in [0.15, 0.2) is 0 Å². The second kappa shape index (κ2) is 6.17. The molecule has 114 valence electrons. The van der Waals surface area contributed by atoms with Crippen LogP contribution in [0.3, 0.4) is 0 Å². The van der Waals surface area contributed by atoms with Gasteiger partial charge in [0.25, 0.3) is 0 Å². The largest absolute Gasteiger partial charge is 0.398 e. The predicted octanol–water partition coefficient (Wildman–Crippen LogP) is 2.78. The van der Waals surface area contributed by atoms with Gasteiger partial charge in [-0.3, -0.25) is 0 Å². The molecule has 2 aromatic rings. The Balaban J connectivity index is 2.23. The van der Waals surface area contributed by atoms with Gasteiger partial charge in [-0.25, -0.2) is 13.1 Å². The van der Waals surface area contributed by atoms with Gasteiger partial charge >= 0.3 is 0 Å². The summed E-state index contributed by atoms with van der Waals surface area (Å²) in [4.78, 5) is 1.47. The molecule has 4 nitrogen and oxygen atoms in total. The first-order valence-electron chi connectivity index (χ1n) is 6.71. The summed E-state index contributed by atoms with van der Waals surface area (Å²) in [6.07, 6.45) is 0.691. The first kappa shape index (κ1) is 16.0. The Morgan fingerprint density at radius 3 is 2.57 bits per heavy atom. The monoisotopic (exact) mass is 324 g/mol. The van der Waals surface area contributed by atoms with Crippen LogP contribution in [0, 0.1) is 20.8 Å². The maximum atomic E-state index is 12.5. The minimum absolute atomic E-state index is 0.311. The van der Waals surface area contributed by atoms with Crippen molar-refractivity contribution in [1.29, 1.82) is 0 Å². The summed E-state index contributed by atoms with van der Waals surface area (Å²) in [6.45, 7) is 5.82. The van der Waals surface area contributed by atoms with Gasteiger partial charge in [0.05, 0.1) is 4.90 Å². The number of hydrogen-bond acceptors (Lipinski definition) is 4. The van der Waals surface area contributed by atoms with Crippen molar-refractivity contribution in [3.05, 3.63) is 45.1 Å². The predicted molar refractivity (Wildman–Crippen MR) is 88.3 cm³/mol. The molecule has 1 aromatic heterocycles. The summed E-state index contributed by atoms with van der Waals surface area (Å²) in [6, 6.07) is 5.78. The third-order valence-electron chi connectivity index (χ3n) is 3.59. The molecule has 0 spiro atoms. The summed E-state index contributed by atoms with van der Waals surface area (Å²) < 4.78 is 27.8. The van der Waals surface area contributed by atoms with E-state index in [0.29, 0.717) is 29.1 Å². The molecule has 0 saturated carbocycles. The zero-order valence-corrected chi connectivity index (χ0v) is 14.1. The van der Waals surface area contributed by atoms with Gasteiger partial charge in [0.1, 0.15) is 0 Å². The van der Waals surface area contributed by atoms with Crippen molar-refractivity contribution in [2.75, 3.05) is 12.3 Å². The van der Waals surface area contributed by atoms with Gasteiger partial charge in [-0.1, -0.05) is 6.07 Å². The van der Waals surface area contributed by atoms with Crippen molar-refractivity contribution in [3.8, 4) is 0 Å². The molecule has 21 heavy (non-hydrogen) atoms. The van der Waals surface area contributed by atoms with E-state index in [0.717, 1.165) is 16.0 Å². The van der Waals surface area contributed by atoms with E-state index in [-0.39, 0.29) is 0 Å².